The lowest BCUT2D eigenvalue weighted by atomic mass is 10.2. The van der Waals surface area contributed by atoms with Crippen LogP contribution in [-0.2, 0) is 4.74 Å². The van der Waals surface area contributed by atoms with E-state index in [0.717, 1.165) is 0 Å². The number of ether oxygens (including phenoxy) is 1. The second-order valence-corrected chi connectivity index (χ2v) is 20.4. The van der Waals surface area contributed by atoms with Gasteiger partial charge in [-0.3, -0.25) is 4.79 Å². The summed E-state index contributed by atoms with van der Waals surface area (Å²) in [5.41, 5.74) is 0.526. The molecule has 0 unspecified atom stereocenters. The van der Waals surface area contributed by atoms with Crippen LogP contribution in [0.4, 0.5) is 0 Å². The standard InChI is InChI=1S/C23H43NO5Si2/c1-22(2,3)30(7,8)28-19-12-11-18(21(26)24-13-15-27-16-14-25)17-20(19)29-31(9,10)23(4,5)6/h11-12,17,25H,13-16H2,1-10H3,(H,24,26). The highest BCUT2D eigenvalue weighted by Gasteiger charge is 2.42. The van der Waals surface area contributed by atoms with Crippen molar-refractivity contribution in [2.75, 3.05) is 26.4 Å². The van der Waals surface area contributed by atoms with Crippen LogP contribution in [0.15, 0.2) is 18.2 Å². The number of hydrogen-bond acceptors (Lipinski definition) is 5. The Bertz CT molecular complexity index is 736. The fourth-order valence-electron chi connectivity index (χ4n) is 2.17. The topological polar surface area (TPSA) is 77.0 Å². The minimum atomic E-state index is -2.14. The Morgan fingerprint density at radius 2 is 1.42 bits per heavy atom. The van der Waals surface area contributed by atoms with Gasteiger partial charge in [0, 0.05) is 12.1 Å². The van der Waals surface area contributed by atoms with Gasteiger partial charge in [0.2, 0.25) is 0 Å². The van der Waals surface area contributed by atoms with Gasteiger partial charge in [-0.15, -0.1) is 0 Å². The molecule has 1 aromatic carbocycles. The molecule has 1 aromatic rings. The van der Waals surface area contributed by atoms with Gasteiger partial charge in [0.15, 0.2) is 0 Å². The van der Waals surface area contributed by atoms with Crippen molar-refractivity contribution in [2.45, 2.75) is 77.8 Å². The molecule has 0 spiro atoms. The van der Waals surface area contributed by atoms with Crippen LogP contribution in [0.3, 0.4) is 0 Å². The predicted octanol–water partition coefficient (Wildman–Crippen LogP) is 5.19. The Balaban J connectivity index is 3.20. The second-order valence-electron chi connectivity index (χ2n) is 11.0. The van der Waals surface area contributed by atoms with E-state index < -0.39 is 16.6 Å². The lowest BCUT2D eigenvalue weighted by Gasteiger charge is -2.39. The highest BCUT2D eigenvalue weighted by atomic mass is 28.4. The van der Waals surface area contributed by atoms with Crippen LogP contribution in [0.1, 0.15) is 51.9 Å². The smallest absolute Gasteiger partial charge is 0.251 e. The number of amides is 1. The highest BCUT2D eigenvalue weighted by molar-refractivity contribution is 6.75. The molecule has 0 aliphatic carbocycles. The number of aliphatic hydroxyl groups excluding tert-OH is 1. The number of benzene rings is 1. The summed E-state index contributed by atoms with van der Waals surface area (Å²) < 4.78 is 18.4. The highest BCUT2D eigenvalue weighted by Crippen LogP contribution is 2.43. The molecule has 31 heavy (non-hydrogen) atoms. The third-order valence-electron chi connectivity index (χ3n) is 6.32. The maximum absolute atomic E-state index is 12.7. The molecule has 0 saturated carbocycles. The fraction of sp³-hybridized carbons (Fsp3) is 0.696. The zero-order valence-corrected chi connectivity index (χ0v) is 23.1. The molecule has 0 bridgehead atoms. The van der Waals surface area contributed by atoms with E-state index in [1.807, 2.05) is 6.07 Å². The molecule has 0 atom stereocenters. The normalized spacial score (nSPS) is 13.1. The number of carbonyl (C=O) groups excluding carboxylic acids is 1. The lowest BCUT2D eigenvalue weighted by Crippen LogP contribution is -2.45. The third-order valence-corrected chi connectivity index (χ3v) is 15.0. The zero-order chi connectivity index (χ0) is 24.1. The summed E-state index contributed by atoms with van der Waals surface area (Å²) in [6.45, 7) is 22.9. The molecule has 0 heterocycles. The Kier molecular flexibility index (Phi) is 9.38. The molecule has 0 aliphatic heterocycles. The van der Waals surface area contributed by atoms with E-state index in [4.69, 9.17) is 18.7 Å². The van der Waals surface area contributed by atoms with Gasteiger partial charge in [0.05, 0.1) is 19.8 Å². The summed E-state index contributed by atoms with van der Waals surface area (Å²) in [5, 5.41) is 11.7. The molecule has 8 heteroatoms. The van der Waals surface area contributed by atoms with Crippen LogP contribution in [0, 0.1) is 0 Å². The van der Waals surface area contributed by atoms with E-state index in [9.17, 15) is 4.79 Å². The average Bonchev–Trinajstić information content (AvgIpc) is 2.60. The van der Waals surface area contributed by atoms with Crippen LogP contribution >= 0.6 is 0 Å². The number of carbonyl (C=O) groups is 1. The van der Waals surface area contributed by atoms with Crippen LogP contribution in [-0.4, -0.2) is 54.0 Å². The summed E-state index contributed by atoms with van der Waals surface area (Å²) in [7, 11) is -4.22. The van der Waals surface area contributed by atoms with Crippen LogP contribution in [0.5, 0.6) is 11.5 Å². The summed E-state index contributed by atoms with van der Waals surface area (Å²) >= 11 is 0. The second kappa shape index (κ2) is 10.5. The first-order chi connectivity index (χ1) is 14.0. The Labute approximate surface area is 190 Å². The SMILES string of the molecule is CC(C)(C)[Si](C)(C)Oc1ccc(C(=O)NCCOCCO)cc1O[Si](C)(C)C(C)(C)C. The van der Waals surface area contributed by atoms with Crippen molar-refractivity contribution in [2.24, 2.45) is 0 Å². The first-order valence-electron chi connectivity index (χ1n) is 11.0. The van der Waals surface area contributed by atoms with Crippen molar-refractivity contribution in [3.05, 3.63) is 23.8 Å². The molecule has 0 saturated heterocycles. The summed E-state index contributed by atoms with van der Waals surface area (Å²) in [5.74, 6) is 1.16. The van der Waals surface area contributed by atoms with Crippen LogP contribution < -0.4 is 14.2 Å². The van der Waals surface area contributed by atoms with Crippen molar-refractivity contribution in [1.29, 1.82) is 0 Å². The molecule has 0 aromatic heterocycles. The van der Waals surface area contributed by atoms with Crippen molar-refractivity contribution in [1.82, 2.24) is 5.32 Å². The first-order valence-corrected chi connectivity index (χ1v) is 16.8. The van der Waals surface area contributed by atoms with Crippen LogP contribution in [0.2, 0.25) is 36.3 Å². The Morgan fingerprint density at radius 1 is 0.903 bits per heavy atom. The summed E-state index contributed by atoms with van der Waals surface area (Å²) in [6.07, 6.45) is 0. The van der Waals surface area contributed by atoms with Gasteiger partial charge in [-0.2, -0.15) is 0 Å². The van der Waals surface area contributed by atoms with Crippen molar-refractivity contribution in [3.63, 3.8) is 0 Å². The summed E-state index contributed by atoms with van der Waals surface area (Å²) in [6, 6.07) is 5.44. The van der Waals surface area contributed by atoms with E-state index in [-0.39, 0.29) is 29.2 Å². The van der Waals surface area contributed by atoms with Gasteiger partial charge in [-0.05, 0) is 54.5 Å². The Morgan fingerprint density at radius 3 is 1.90 bits per heavy atom. The minimum absolute atomic E-state index is 0.0174. The largest absolute Gasteiger partial charge is 0.541 e. The average molecular weight is 470 g/mol. The molecule has 2 N–H and O–H groups in total. The third kappa shape index (κ3) is 7.93. The molecule has 1 rings (SSSR count). The maximum atomic E-state index is 12.7. The van der Waals surface area contributed by atoms with Gasteiger partial charge < -0.3 is 24.0 Å². The van der Waals surface area contributed by atoms with Gasteiger partial charge in [0.1, 0.15) is 11.5 Å². The molecular formula is C23H43NO5Si2. The van der Waals surface area contributed by atoms with E-state index in [1.54, 1.807) is 12.1 Å². The van der Waals surface area contributed by atoms with Gasteiger partial charge in [-0.1, -0.05) is 41.5 Å². The van der Waals surface area contributed by atoms with E-state index in [2.05, 4.69) is 73.0 Å². The van der Waals surface area contributed by atoms with Crippen molar-refractivity contribution in [3.8, 4) is 11.5 Å². The molecule has 178 valence electrons. The number of rotatable bonds is 10. The summed E-state index contributed by atoms with van der Waals surface area (Å²) in [4.78, 5) is 12.7. The number of aliphatic hydroxyl groups is 1. The molecular weight excluding hydrogens is 426 g/mol. The molecule has 6 nitrogen and oxygen atoms in total. The minimum Gasteiger partial charge on any atom is -0.541 e. The monoisotopic (exact) mass is 469 g/mol. The molecule has 1 amide bonds. The van der Waals surface area contributed by atoms with E-state index in [0.29, 0.717) is 30.2 Å². The van der Waals surface area contributed by atoms with Gasteiger partial charge >= 0.3 is 0 Å². The Hall–Kier alpha value is -1.36. The molecule has 0 fully saturated rings. The molecule has 0 radical (unpaired) electrons. The zero-order valence-electron chi connectivity index (χ0n) is 21.1. The maximum Gasteiger partial charge on any atom is 0.251 e. The molecule has 0 aliphatic rings. The van der Waals surface area contributed by atoms with E-state index in [1.165, 1.54) is 0 Å². The number of nitrogens with one attached hydrogen (secondary N) is 1. The van der Waals surface area contributed by atoms with Crippen molar-refractivity contribution >= 4 is 22.5 Å². The quantitative estimate of drug-likeness (QED) is 0.364. The fourth-order valence-corrected chi connectivity index (χ4v) is 4.21. The van der Waals surface area contributed by atoms with Gasteiger partial charge in [0.25, 0.3) is 22.5 Å². The lowest BCUT2D eigenvalue weighted by molar-refractivity contribution is 0.0838. The number of hydrogen-bond donors (Lipinski definition) is 2. The van der Waals surface area contributed by atoms with Gasteiger partial charge in [-0.25, -0.2) is 0 Å². The first kappa shape index (κ1) is 27.7. The van der Waals surface area contributed by atoms with E-state index >= 15 is 0 Å². The van der Waals surface area contributed by atoms with Crippen molar-refractivity contribution < 1.29 is 23.5 Å². The predicted molar refractivity (Wildman–Crippen MR) is 132 cm³/mol. The van der Waals surface area contributed by atoms with Crippen LogP contribution in [0.25, 0.3) is 0 Å².